The zero-order chi connectivity index (χ0) is 13.1. The molecule has 0 atom stereocenters. The Morgan fingerprint density at radius 3 is 2.94 bits per heavy atom. The molecule has 18 heavy (non-hydrogen) atoms. The normalized spacial score (nSPS) is 10.3. The second-order valence-electron chi connectivity index (χ2n) is 3.51. The molecule has 0 unspecified atom stereocenters. The molecule has 0 fully saturated rings. The number of nitrogens with one attached hydrogen (secondary N) is 1. The van der Waals surface area contributed by atoms with Gasteiger partial charge in [0.1, 0.15) is 11.5 Å². The van der Waals surface area contributed by atoms with E-state index in [2.05, 4.69) is 15.5 Å². The Morgan fingerprint density at radius 1 is 1.56 bits per heavy atom. The summed E-state index contributed by atoms with van der Waals surface area (Å²) in [5.74, 6) is 0.104. The fraction of sp³-hybridized carbons (Fsp3) is 0.200. The van der Waals surface area contributed by atoms with Crippen molar-refractivity contribution < 1.29 is 13.8 Å². The highest BCUT2D eigenvalue weighted by Gasteiger charge is 2.15. The van der Waals surface area contributed by atoms with Gasteiger partial charge in [-0.1, -0.05) is 5.16 Å². The van der Waals surface area contributed by atoms with Crippen molar-refractivity contribution in [1.82, 2.24) is 10.1 Å². The number of nitrogens with zero attached hydrogens (tertiary/aromatic N) is 3. The highest BCUT2D eigenvalue weighted by molar-refractivity contribution is 5.61. The fourth-order valence-corrected chi connectivity index (χ4v) is 1.39. The predicted octanol–water partition coefficient (Wildman–Crippen LogP) is 2.04. The van der Waals surface area contributed by atoms with E-state index >= 15 is 0 Å². The van der Waals surface area contributed by atoms with E-state index in [1.807, 2.05) is 0 Å². The van der Waals surface area contributed by atoms with Gasteiger partial charge in [-0.25, -0.2) is 4.39 Å². The molecule has 94 valence electrons. The molecule has 7 nitrogen and oxygen atoms in total. The Morgan fingerprint density at radius 2 is 2.33 bits per heavy atom. The van der Waals surface area contributed by atoms with Crippen LogP contribution in [0.3, 0.4) is 0 Å². The van der Waals surface area contributed by atoms with E-state index in [9.17, 15) is 14.5 Å². The predicted molar refractivity (Wildman–Crippen MR) is 59.4 cm³/mol. The molecule has 1 N–H and O–H groups in total. The summed E-state index contributed by atoms with van der Waals surface area (Å²) in [5.41, 5.74) is -0.150. The van der Waals surface area contributed by atoms with Crippen LogP contribution < -0.4 is 5.32 Å². The minimum atomic E-state index is -0.666. The zero-order valence-electron chi connectivity index (χ0n) is 9.38. The number of rotatable bonds is 4. The molecule has 2 aromatic rings. The smallest absolute Gasteiger partial charge is 0.295 e. The lowest BCUT2D eigenvalue weighted by Crippen LogP contribution is -2.03. The first kappa shape index (κ1) is 12.0. The van der Waals surface area contributed by atoms with Crippen LogP contribution in [0.2, 0.25) is 0 Å². The second-order valence-corrected chi connectivity index (χ2v) is 3.51. The highest BCUT2D eigenvalue weighted by Crippen LogP contribution is 2.25. The number of hydrogen-bond acceptors (Lipinski definition) is 6. The number of benzene rings is 1. The molecule has 1 aromatic carbocycles. The van der Waals surface area contributed by atoms with Gasteiger partial charge in [0.2, 0.25) is 5.89 Å². The maximum atomic E-state index is 12.9. The topological polar surface area (TPSA) is 94.1 Å². The maximum Gasteiger partial charge on any atom is 0.295 e. The average Bonchev–Trinajstić information content (AvgIpc) is 2.73. The molecule has 0 aliphatic heterocycles. The van der Waals surface area contributed by atoms with Crippen LogP contribution in [0.25, 0.3) is 0 Å². The molecule has 0 saturated heterocycles. The lowest BCUT2D eigenvalue weighted by molar-refractivity contribution is -0.384. The molecule has 0 radical (unpaired) electrons. The van der Waals surface area contributed by atoms with E-state index in [0.717, 1.165) is 12.1 Å². The molecular weight excluding hydrogens is 243 g/mol. The second kappa shape index (κ2) is 4.78. The Hall–Kier alpha value is -2.51. The van der Waals surface area contributed by atoms with Crippen molar-refractivity contribution in [3.8, 4) is 0 Å². The van der Waals surface area contributed by atoms with Gasteiger partial charge in [0.25, 0.3) is 5.69 Å². The Kier molecular flexibility index (Phi) is 3.18. The number of hydrogen-bond donors (Lipinski definition) is 1. The van der Waals surface area contributed by atoms with E-state index in [1.165, 1.54) is 6.07 Å². The first-order chi connectivity index (χ1) is 8.56. The largest absolute Gasteiger partial charge is 0.371 e. The van der Waals surface area contributed by atoms with Crippen LogP contribution in [0.1, 0.15) is 11.7 Å². The molecule has 0 aliphatic carbocycles. The van der Waals surface area contributed by atoms with Crippen molar-refractivity contribution in [2.45, 2.75) is 13.5 Å². The van der Waals surface area contributed by atoms with Crippen LogP contribution in [0, 0.1) is 22.9 Å². The number of aromatic nitrogens is 2. The van der Waals surface area contributed by atoms with E-state index in [0.29, 0.717) is 11.7 Å². The van der Waals surface area contributed by atoms with Crippen molar-refractivity contribution >= 4 is 11.4 Å². The number of aryl methyl sites for hydroxylation is 1. The van der Waals surface area contributed by atoms with Crippen molar-refractivity contribution in [3.05, 3.63) is 45.8 Å². The van der Waals surface area contributed by atoms with Gasteiger partial charge < -0.3 is 9.84 Å². The Labute approximate surface area is 101 Å². The molecule has 1 aromatic heterocycles. The van der Waals surface area contributed by atoms with E-state index in [4.69, 9.17) is 4.52 Å². The van der Waals surface area contributed by atoms with Crippen LogP contribution in [-0.2, 0) is 6.54 Å². The molecule has 0 saturated carbocycles. The van der Waals surface area contributed by atoms with Gasteiger partial charge in [-0.2, -0.15) is 4.98 Å². The third-order valence-corrected chi connectivity index (χ3v) is 2.16. The monoisotopic (exact) mass is 252 g/mol. The minimum absolute atomic E-state index is 0.132. The maximum absolute atomic E-state index is 12.9. The van der Waals surface area contributed by atoms with E-state index in [1.54, 1.807) is 6.92 Å². The number of anilines is 1. The summed E-state index contributed by atoms with van der Waals surface area (Å²) in [6.07, 6.45) is 0. The molecule has 1 heterocycles. The fourth-order valence-electron chi connectivity index (χ4n) is 1.39. The summed E-state index contributed by atoms with van der Waals surface area (Å²) >= 11 is 0. The van der Waals surface area contributed by atoms with Crippen LogP contribution >= 0.6 is 0 Å². The van der Waals surface area contributed by atoms with Crippen molar-refractivity contribution in [2.24, 2.45) is 0 Å². The van der Waals surface area contributed by atoms with Gasteiger partial charge in [-0.3, -0.25) is 10.1 Å². The zero-order valence-corrected chi connectivity index (χ0v) is 9.38. The van der Waals surface area contributed by atoms with E-state index in [-0.39, 0.29) is 17.9 Å². The van der Waals surface area contributed by atoms with Crippen molar-refractivity contribution in [1.29, 1.82) is 0 Å². The molecule has 2 rings (SSSR count). The first-order valence-corrected chi connectivity index (χ1v) is 5.03. The van der Waals surface area contributed by atoms with Gasteiger partial charge >= 0.3 is 0 Å². The van der Waals surface area contributed by atoms with Gasteiger partial charge in [0.05, 0.1) is 17.5 Å². The standard InChI is InChI=1S/C10H9FN4O3/c1-6-13-10(18-14-6)5-12-8-3-2-7(11)4-9(8)15(16)17/h2-4,12H,5H2,1H3. The Bertz CT molecular complexity index is 584. The van der Waals surface area contributed by atoms with Gasteiger partial charge in [-0.15, -0.1) is 0 Å². The average molecular weight is 252 g/mol. The summed E-state index contributed by atoms with van der Waals surface area (Å²) in [4.78, 5) is 14.0. The van der Waals surface area contributed by atoms with Crippen LogP contribution in [0.15, 0.2) is 22.7 Å². The summed E-state index contributed by atoms with van der Waals surface area (Å²) in [7, 11) is 0. The third-order valence-electron chi connectivity index (χ3n) is 2.16. The minimum Gasteiger partial charge on any atom is -0.371 e. The number of nitro groups is 1. The number of nitro benzene ring substituents is 1. The van der Waals surface area contributed by atoms with Gasteiger partial charge in [0, 0.05) is 0 Å². The molecule has 0 bridgehead atoms. The molecular formula is C10H9FN4O3. The molecule has 0 aliphatic rings. The van der Waals surface area contributed by atoms with Crippen molar-refractivity contribution in [3.63, 3.8) is 0 Å². The summed E-state index contributed by atoms with van der Waals surface area (Å²) in [6.45, 7) is 1.79. The summed E-state index contributed by atoms with van der Waals surface area (Å²) < 4.78 is 17.7. The lowest BCUT2D eigenvalue weighted by atomic mass is 10.2. The van der Waals surface area contributed by atoms with Gasteiger partial charge in [-0.05, 0) is 19.1 Å². The Balaban J connectivity index is 2.16. The lowest BCUT2D eigenvalue weighted by Gasteiger charge is -2.04. The third kappa shape index (κ3) is 2.59. The van der Waals surface area contributed by atoms with E-state index < -0.39 is 10.7 Å². The first-order valence-electron chi connectivity index (χ1n) is 5.03. The van der Waals surface area contributed by atoms with Crippen LogP contribution in [-0.4, -0.2) is 15.1 Å². The molecule has 0 amide bonds. The number of halogens is 1. The van der Waals surface area contributed by atoms with Crippen molar-refractivity contribution in [2.75, 3.05) is 5.32 Å². The van der Waals surface area contributed by atoms with Gasteiger partial charge in [0.15, 0.2) is 5.82 Å². The molecule has 0 spiro atoms. The highest BCUT2D eigenvalue weighted by atomic mass is 19.1. The molecule has 8 heteroatoms. The SMILES string of the molecule is Cc1noc(CNc2ccc(F)cc2[N+](=O)[O-])n1. The quantitative estimate of drug-likeness (QED) is 0.660. The summed E-state index contributed by atoms with van der Waals surface area (Å²) in [6, 6.07) is 3.27. The van der Waals surface area contributed by atoms with Crippen LogP contribution in [0.4, 0.5) is 15.8 Å². The summed E-state index contributed by atoms with van der Waals surface area (Å²) in [5, 5.41) is 17.1. The van der Waals surface area contributed by atoms with Crippen LogP contribution in [0.5, 0.6) is 0 Å².